The second-order valence-electron chi connectivity index (χ2n) is 6.29. The van der Waals surface area contributed by atoms with Gasteiger partial charge in [-0.05, 0) is 43.8 Å². The molecule has 1 saturated heterocycles. The Morgan fingerprint density at radius 1 is 1.13 bits per heavy atom. The van der Waals surface area contributed by atoms with Crippen LogP contribution in [0.25, 0.3) is 0 Å². The fourth-order valence-corrected chi connectivity index (χ4v) is 3.94. The summed E-state index contributed by atoms with van der Waals surface area (Å²) in [5, 5.41) is 0. The number of nitrogens with zero attached hydrogens (tertiary/aromatic N) is 3. The number of rotatable bonds is 5. The summed E-state index contributed by atoms with van der Waals surface area (Å²) in [6.07, 6.45) is 3.33. The Morgan fingerprint density at radius 2 is 1.83 bits per heavy atom. The van der Waals surface area contributed by atoms with Crippen molar-refractivity contribution in [2.24, 2.45) is 13.0 Å². The Labute approximate surface area is 139 Å². The highest BCUT2D eigenvalue weighted by Gasteiger charge is 2.19. The third-order valence-corrected chi connectivity index (χ3v) is 5.65. The van der Waals surface area contributed by atoms with E-state index in [0.29, 0.717) is 12.5 Å². The van der Waals surface area contributed by atoms with Crippen molar-refractivity contribution < 1.29 is 0 Å². The molecule has 1 aromatic carbocycles. The average molecular weight is 333 g/mol. The third-order valence-electron chi connectivity index (χ3n) is 4.66. The average Bonchev–Trinajstić information content (AvgIpc) is 2.82. The molecule has 0 aliphatic carbocycles. The third kappa shape index (κ3) is 4.00. The monoisotopic (exact) mass is 333 g/mol. The van der Waals surface area contributed by atoms with Crippen LogP contribution in [0.3, 0.4) is 0 Å². The summed E-state index contributed by atoms with van der Waals surface area (Å²) in [4.78, 5) is 25.7. The summed E-state index contributed by atoms with van der Waals surface area (Å²) < 4.78 is 2.78. The van der Waals surface area contributed by atoms with Crippen molar-refractivity contribution >= 4 is 11.5 Å². The van der Waals surface area contributed by atoms with Gasteiger partial charge in [0, 0.05) is 31.7 Å². The van der Waals surface area contributed by atoms with Crippen molar-refractivity contribution in [3.05, 3.63) is 56.0 Å². The quantitative estimate of drug-likeness (QED) is 0.840. The van der Waals surface area contributed by atoms with Crippen molar-refractivity contribution in [3.8, 4) is 0 Å². The first kappa shape index (κ1) is 16.2. The van der Waals surface area contributed by atoms with E-state index in [2.05, 4.69) is 35.2 Å². The number of hydrogen-bond acceptors (Lipinski definition) is 4. The summed E-state index contributed by atoms with van der Waals surface area (Å²) in [7, 11) is 1.54. The molecule has 6 heteroatoms. The smallest absolute Gasteiger partial charge is 0.299 e. The van der Waals surface area contributed by atoms with Gasteiger partial charge in [0.25, 0.3) is 0 Å². The Balaban J connectivity index is 1.47. The summed E-state index contributed by atoms with van der Waals surface area (Å²) in [6, 6.07) is 10.6. The second-order valence-corrected chi connectivity index (χ2v) is 7.27. The minimum atomic E-state index is -0.179. The Kier molecular flexibility index (Phi) is 5.13. The van der Waals surface area contributed by atoms with Crippen LogP contribution in [0.1, 0.15) is 24.8 Å². The molecule has 1 aliphatic rings. The van der Waals surface area contributed by atoms with Gasteiger partial charge in [0.1, 0.15) is 0 Å². The van der Waals surface area contributed by atoms with E-state index in [1.807, 2.05) is 0 Å². The number of hydrogen-bond donors (Lipinski definition) is 0. The largest absolute Gasteiger partial charge is 0.340 e. The molecule has 0 radical (unpaired) electrons. The van der Waals surface area contributed by atoms with Gasteiger partial charge in [0.2, 0.25) is 0 Å². The lowest BCUT2D eigenvalue weighted by molar-refractivity contribution is 0.169. The lowest BCUT2D eigenvalue weighted by atomic mass is 9.93. The Hall–Kier alpha value is -1.66. The molecule has 0 unspecified atom stereocenters. The molecule has 124 valence electrons. The molecule has 1 aliphatic heterocycles. The molecular weight excluding hydrogens is 310 g/mol. The van der Waals surface area contributed by atoms with Crippen molar-refractivity contribution in [2.45, 2.75) is 32.4 Å². The molecule has 0 saturated carbocycles. The van der Waals surface area contributed by atoms with E-state index < -0.39 is 0 Å². The molecule has 3 rings (SSSR count). The zero-order valence-corrected chi connectivity index (χ0v) is 14.3. The molecule has 0 amide bonds. The molecule has 0 atom stereocenters. The molecule has 23 heavy (non-hydrogen) atoms. The minimum absolute atomic E-state index is 0.173. The fourth-order valence-electron chi connectivity index (χ4n) is 3.16. The van der Waals surface area contributed by atoms with Crippen LogP contribution in [0.2, 0.25) is 0 Å². The van der Waals surface area contributed by atoms with Crippen LogP contribution in [-0.4, -0.2) is 26.5 Å². The van der Waals surface area contributed by atoms with Gasteiger partial charge in [0.15, 0.2) is 0 Å². The van der Waals surface area contributed by atoms with Gasteiger partial charge in [-0.15, -0.1) is 0 Å². The number of piperidine rings is 1. The maximum absolute atomic E-state index is 11.8. The van der Waals surface area contributed by atoms with Crippen LogP contribution in [-0.2, 0) is 20.1 Å². The number of aryl methyl sites for hydroxylation is 1. The first-order valence-corrected chi connectivity index (χ1v) is 8.94. The van der Waals surface area contributed by atoms with Crippen LogP contribution in [0, 0.1) is 5.92 Å². The van der Waals surface area contributed by atoms with Crippen LogP contribution in [0.4, 0.5) is 0 Å². The van der Waals surface area contributed by atoms with Gasteiger partial charge in [-0.2, -0.15) is 0 Å². The van der Waals surface area contributed by atoms with Gasteiger partial charge in [-0.1, -0.05) is 30.3 Å². The van der Waals surface area contributed by atoms with Crippen molar-refractivity contribution in [1.82, 2.24) is 13.4 Å². The second kappa shape index (κ2) is 7.27. The predicted molar refractivity (Wildman–Crippen MR) is 92.9 cm³/mol. The summed E-state index contributed by atoms with van der Waals surface area (Å²) in [5.74, 6) is 0.649. The van der Waals surface area contributed by atoms with E-state index in [1.54, 1.807) is 11.0 Å². The van der Waals surface area contributed by atoms with E-state index in [-0.39, 0.29) is 10.6 Å². The number of likely N-dealkylation sites (tertiary alicyclic amines) is 1. The summed E-state index contributed by atoms with van der Waals surface area (Å²) >= 11 is 1.03. The Bertz CT molecular complexity index is 739. The molecule has 2 heterocycles. The van der Waals surface area contributed by atoms with E-state index in [0.717, 1.165) is 37.6 Å². The molecule has 5 nitrogen and oxygen atoms in total. The van der Waals surface area contributed by atoms with Crippen molar-refractivity contribution in [3.63, 3.8) is 0 Å². The molecule has 1 fully saturated rings. The molecule has 0 spiro atoms. The first-order chi connectivity index (χ1) is 11.1. The predicted octanol–water partition coefficient (Wildman–Crippen LogP) is 1.91. The lowest BCUT2D eigenvalue weighted by Gasteiger charge is -2.32. The van der Waals surface area contributed by atoms with Crippen LogP contribution in [0.5, 0.6) is 0 Å². The van der Waals surface area contributed by atoms with Crippen molar-refractivity contribution in [2.75, 3.05) is 13.1 Å². The molecule has 0 bridgehead atoms. The maximum Gasteiger partial charge on any atom is 0.340 e. The number of benzene rings is 1. The first-order valence-electron chi connectivity index (χ1n) is 8.17. The molecule has 2 aromatic rings. The summed E-state index contributed by atoms with van der Waals surface area (Å²) in [5.41, 5.74) is 1.19. The van der Waals surface area contributed by atoms with Gasteiger partial charge in [-0.25, -0.2) is 8.75 Å². The van der Waals surface area contributed by atoms with E-state index in [4.69, 9.17) is 0 Å². The van der Waals surface area contributed by atoms with Crippen molar-refractivity contribution in [1.29, 1.82) is 0 Å². The Morgan fingerprint density at radius 3 is 2.43 bits per heavy atom. The van der Waals surface area contributed by atoms with E-state index >= 15 is 0 Å². The van der Waals surface area contributed by atoms with E-state index in [9.17, 15) is 9.59 Å². The highest BCUT2D eigenvalue weighted by Crippen LogP contribution is 2.22. The zero-order valence-electron chi connectivity index (χ0n) is 13.5. The lowest BCUT2D eigenvalue weighted by Crippen LogP contribution is -2.34. The normalized spacial score (nSPS) is 16.7. The summed E-state index contributed by atoms with van der Waals surface area (Å²) in [6.45, 7) is 3.91. The van der Waals surface area contributed by atoms with Gasteiger partial charge < -0.3 is 0 Å². The minimum Gasteiger partial charge on any atom is -0.299 e. The van der Waals surface area contributed by atoms with Crippen LogP contribution in [0.15, 0.2) is 39.9 Å². The zero-order chi connectivity index (χ0) is 16.2. The van der Waals surface area contributed by atoms with Gasteiger partial charge in [-0.3, -0.25) is 14.3 Å². The standard InChI is InChI=1S/C17H23N3O2S/c1-18-16(21)20(23-17(18)22)12-9-14-7-10-19(11-8-14)13-15-5-3-2-4-6-15/h2-6,14H,7-13H2,1H3. The topological polar surface area (TPSA) is 47.2 Å². The number of aromatic nitrogens is 2. The maximum atomic E-state index is 11.8. The van der Waals surface area contributed by atoms with Gasteiger partial charge >= 0.3 is 10.6 Å². The molecule has 0 N–H and O–H groups in total. The van der Waals surface area contributed by atoms with Crippen LogP contribution < -0.4 is 10.6 Å². The highest BCUT2D eigenvalue weighted by atomic mass is 32.1. The highest BCUT2D eigenvalue weighted by molar-refractivity contribution is 7.03. The van der Waals surface area contributed by atoms with Gasteiger partial charge in [0.05, 0.1) is 0 Å². The molecular formula is C17H23N3O2S. The van der Waals surface area contributed by atoms with Crippen LogP contribution >= 0.6 is 11.5 Å². The van der Waals surface area contributed by atoms with E-state index in [1.165, 1.54) is 23.0 Å². The fraction of sp³-hybridized carbons (Fsp3) is 0.529. The molecule has 1 aromatic heterocycles. The SMILES string of the molecule is Cn1c(=O)sn(CCC2CCN(Cc3ccccc3)CC2)c1=O.